The van der Waals surface area contributed by atoms with Crippen LogP contribution in [0, 0.1) is 20.8 Å². The van der Waals surface area contributed by atoms with Gasteiger partial charge in [-0.15, -0.1) is 0 Å². The molecule has 0 bridgehead atoms. The van der Waals surface area contributed by atoms with Crippen LogP contribution in [0.1, 0.15) is 49.5 Å². The Morgan fingerprint density at radius 1 is 0.818 bits per heavy atom. The molecule has 44 heavy (non-hydrogen) atoms. The van der Waals surface area contributed by atoms with Gasteiger partial charge in [-0.3, -0.25) is 14.4 Å². The van der Waals surface area contributed by atoms with Crippen molar-refractivity contribution >= 4 is 28.5 Å². The Labute approximate surface area is 255 Å². The highest BCUT2D eigenvalue weighted by atomic mass is 16.5. The van der Waals surface area contributed by atoms with E-state index in [1.165, 1.54) is 0 Å². The van der Waals surface area contributed by atoms with Crippen LogP contribution in [0.3, 0.4) is 0 Å². The summed E-state index contributed by atoms with van der Waals surface area (Å²) in [6.07, 6.45) is 0.463. The van der Waals surface area contributed by atoms with Crippen LogP contribution in [0.2, 0.25) is 0 Å². The minimum atomic E-state index is -1.66. The zero-order valence-corrected chi connectivity index (χ0v) is 25.1. The molecule has 1 aromatic heterocycles. The molecule has 1 atom stereocenters. The molecule has 5 aromatic rings. The monoisotopic (exact) mass is 584 g/mol. The second kappa shape index (κ2) is 10.2. The van der Waals surface area contributed by atoms with Crippen molar-refractivity contribution in [3.05, 3.63) is 140 Å². The van der Waals surface area contributed by atoms with Gasteiger partial charge in [0.2, 0.25) is 5.76 Å². The van der Waals surface area contributed by atoms with Gasteiger partial charge >= 0.3 is 0 Å². The summed E-state index contributed by atoms with van der Waals surface area (Å²) in [5.41, 5.74) is 4.58. The molecule has 0 radical (unpaired) electrons. The first kappa shape index (κ1) is 27.7. The van der Waals surface area contributed by atoms with Crippen molar-refractivity contribution in [2.24, 2.45) is 0 Å². The first-order chi connectivity index (χ1) is 21.2. The molecule has 0 saturated heterocycles. The van der Waals surface area contributed by atoms with E-state index >= 15 is 4.79 Å². The van der Waals surface area contributed by atoms with E-state index < -0.39 is 11.4 Å². The number of fused-ring (bicyclic) bond motifs is 5. The van der Waals surface area contributed by atoms with E-state index in [9.17, 15) is 9.59 Å². The fourth-order valence-corrected chi connectivity index (χ4v) is 6.69. The van der Waals surface area contributed by atoms with Gasteiger partial charge < -0.3 is 19.0 Å². The lowest BCUT2D eigenvalue weighted by atomic mass is 9.83. The summed E-state index contributed by atoms with van der Waals surface area (Å²) in [6, 6.07) is 26.6. The Bertz CT molecular complexity index is 2040. The Balaban J connectivity index is 1.45. The van der Waals surface area contributed by atoms with E-state index in [-0.39, 0.29) is 29.2 Å². The van der Waals surface area contributed by atoms with E-state index in [0.29, 0.717) is 35.2 Å². The highest BCUT2D eigenvalue weighted by Crippen LogP contribution is 2.53. The lowest BCUT2D eigenvalue weighted by Crippen LogP contribution is -2.53. The molecule has 0 N–H and O–H groups in total. The fourth-order valence-electron chi connectivity index (χ4n) is 6.69. The minimum absolute atomic E-state index is 0.0682. The summed E-state index contributed by atoms with van der Waals surface area (Å²) in [7, 11) is 1.61. The number of para-hydroxylation sites is 1. The Kier molecular flexibility index (Phi) is 6.43. The predicted molar refractivity (Wildman–Crippen MR) is 169 cm³/mol. The summed E-state index contributed by atoms with van der Waals surface area (Å²) in [5, 5.41) is 0.360. The maximum Gasteiger partial charge on any atom is 0.291 e. The van der Waals surface area contributed by atoms with Gasteiger partial charge in [-0.05, 0) is 85.3 Å². The first-order valence-corrected chi connectivity index (χ1v) is 14.7. The van der Waals surface area contributed by atoms with Crippen LogP contribution < -0.4 is 15.1 Å². The molecular weight excluding hydrogens is 552 g/mol. The SMILES string of the molecule is COc1ccc(CCN2C(=O)c3oc4cc(C)c(C)cc4c(=O)c3C23C(=O)N(Cc2ccccc2C)c2ccccc23)cc1. The van der Waals surface area contributed by atoms with Crippen LogP contribution in [0.4, 0.5) is 5.69 Å². The van der Waals surface area contributed by atoms with Crippen LogP contribution in [-0.2, 0) is 23.3 Å². The minimum Gasteiger partial charge on any atom is -0.497 e. The zero-order chi connectivity index (χ0) is 30.7. The number of aryl methyl sites for hydroxylation is 3. The van der Waals surface area contributed by atoms with Crippen molar-refractivity contribution in [3.8, 4) is 5.75 Å². The number of hydrogen-bond acceptors (Lipinski definition) is 5. The number of anilines is 1. The van der Waals surface area contributed by atoms with Crippen LogP contribution in [-0.4, -0.2) is 30.4 Å². The van der Waals surface area contributed by atoms with E-state index in [1.54, 1.807) is 29.0 Å². The Morgan fingerprint density at radius 3 is 2.27 bits per heavy atom. The number of carbonyl (C=O) groups excluding carboxylic acids is 2. The topological polar surface area (TPSA) is 80.1 Å². The predicted octanol–water partition coefficient (Wildman–Crippen LogP) is 6.22. The maximum atomic E-state index is 15.1. The largest absolute Gasteiger partial charge is 0.497 e. The summed E-state index contributed by atoms with van der Waals surface area (Å²) in [5.74, 6) is -0.138. The van der Waals surface area contributed by atoms with E-state index in [0.717, 1.165) is 33.6 Å². The fraction of sp³-hybridized carbons (Fsp3) is 0.216. The van der Waals surface area contributed by atoms with Gasteiger partial charge in [0.1, 0.15) is 11.3 Å². The second-order valence-corrected chi connectivity index (χ2v) is 11.7. The van der Waals surface area contributed by atoms with Crippen molar-refractivity contribution in [1.82, 2.24) is 4.90 Å². The van der Waals surface area contributed by atoms with Crippen LogP contribution in [0.5, 0.6) is 5.75 Å². The Hall–Kier alpha value is -5.17. The van der Waals surface area contributed by atoms with Gasteiger partial charge in [0, 0.05) is 12.1 Å². The van der Waals surface area contributed by atoms with Crippen LogP contribution in [0.25, 0.3) is 11.0 Å². The average Bonchev–Trinajstić information content (AvgIpc) is 3.42. The van der Waals surface area contributed by atoms with Gasteiger partial charge in [-0.25, -0.2) is 0 Å². The molecule has 220 valence electrons. The quantitative estimate of drug-likeness (QED) is 0.237. The third-order valence-corrected chi connectivity index (χ3v) is 9.22. The first-order valence-electron chi connectivity index (χ1n) is 14.7. The molecule has 7 heteroatoms. The molecule has 7 rings (SSSR count). The molecule has 7 nitrogen and oxygen atoms in total. The number of hydrogen-bond donors (Lipinski definition) is 0. The van der Waals surface area contributed by atoms with Crippen molar-refractivity contribution in [2.45, 2.75) is 39.3 Å². The molecule has 0 fully saturated rings. The molecule has 3 heterocycles. The van der Waals surface area contributed by atoms with Crippen molar-refractivity contribution in [3.63, 3.8) is 0 Å². The highest BCUT2D eigenvalue weighted by molar-refractivity contribution is 6.17. The number of amides is 2. The van der Waals surface area contributed by atoms with E-state index in [2.05, 4.69) is 0 Å². The number of methoxy groups -OCH3 is 1. The summed E-state index contributed by atoms with van der Waals surface area (Å²) in [6.45, 7) is 6.38. The summed E-state index contributed by atoms with van der Waals surface area (Å²) >= 11 is 0. The van der Waals surface area contributed by atoms with Crippen LogP contribution in [0.15, 0.2) is 94.1 Å². The van der Waals surface area contributed by atoms with Crippen molar-refractivity contribution in [2.75, 3.05) is 18.6 Å². The normalized spacial score (nSPS) is 17.1. The zero-order valence-electron chi connectivity index (χ0n) is 25.1. The van der Waals surface area contributed by atoms with Gasteiger partial charge in [-0.2, -0.15) is 0 Å². The third kappa shape index (κ3) is 3.92. The van der Waals surface area contributed by atoms with Crippen molar-refractivity contribution < 1.29 is 18.7 Å². The number of benzene rings is 4. The van der Waals surface area contributed by atoms with E-state index in [4.69, 9.17) is 9.15 Å². The maximum absolute atomic E-state index is 15.1. The van der Waals surface area contributed by atoms with Gasteiger partial charge in [-0.1, -0.05) is 54.6 Å². The van der Waals surface area contributed by atoms with Crippen LogP contribution >= 0.6 is 0 Å². The summed E-state index contributed by atoms with van der Waals surface area (Å²) < 4.78 is 11.6. The van der Waals surface area contributed by atoms with Gasteiger partial charge in [0.15, 0.2) is 11.0 Å². The molecule has 2 aliphatic rings. The van der Waals surface area contributed by atoms with Gasteiger partial charge in [0.25, 0.3) is 11.8 Å². The van der Waals surface area contributed by atoms with Crippen molar-refractivity contribution in [1.29, 1.82) is 0 Å². The smallest absolute Gasteiger partial charge is 0.291 e. The molecule has 0 saturated carbocycles. The molecule has 1 spiro atoms. The van der Waals surface area contributed by atoms with E-state index in [1.807, 2.05) is 93.6 Å². The molecule has 4 aromatic carbocycles. The van der Waals surface area contributed by atoms with Gasteiger partial charge in [0.05, 0.1) is 30.3 Å². The average molecular weight is 585 g/mol. The number of rotatable bonds is 6. The number of carbonyl (C=O) groups is 2. The third-order valence-electron chi connectivity index (χ3n) is 9.22. The highest BCUT2D eigenvalue weighted by Gasteiger charge is 2.64. The molecule has 2 amide bonds. The lowest BCUT2D eigenvalue weighted by molar-refractivity contribution is -0.126. The molecule has 0 aliphatic carbocycles. The second-order valence-electron chi connectivity index (χ2n) is 11.7. The Morgan fingerprint density at radius 2 is 1.52 bits per heavy atom. The summed E-state index contributed by atoms with van der Waals surface area (Å²) in [4.78, 5) is 47.3. The molecule has 1 unspecified atom stereocenters. The lowest BCUT2D eigenvalue weighted by Gasteiger charge is -2.34. The molecule has 2 aliphatic heterocycles. The number of nitrogens with zero attached hydrogens (tertiary/aromatic N) is 2. The standard InChI is InChI=1S/C37H32N2O5/c1-22-9-5-6-10-26(22)21-38-30-12-8-7-11-29(30)37(36(38)42)32-33(40)28-19-23(2)24(3)20-31(28)44-34(32)35(41)39(37)18-17-25-13-15-27(43-4)16-14-25/h5-16,19-20H,17-18,21H2,1-4H3. The number of ether oxygens (including phenoxy) is 1. The molecular formula is C37H32N2O5.